The van der Waals surface area contributed by atoms with Crippen LogP contribution in [0.4, 0.5) is 4.39 Å². The Kier molecular flexibility index (Phi) is 8.08. The number of carbonyl (C=O) groups is 2. The van der Waals surface area contributed by atoms with Gasteiger partial charge in [0.15, 0.2) is 11.6 Å². The Bertz CT molecular complexity index is 734. The maximum atomic E-state index is 13.9. The van der Waals surface area contributed by atoms with E-state index in [-0.39, 0.29) is 17.6 Å². The molecule has 7 heteroatoms. The van der Waals surface area contributed by atoms with E-state index >= 15 is 0 Å². The first-order valence-corrected chi connectivity index (χ1v) is 11.1. The number of likely N-dealkylation sites (tertiary alicyclic amines) is 2. The number of methoxy groups -OCH3 is 1. The van der Waals surface area contributed by atoms with Crippen molar-refractivity contribution < 1.29 is 18.7 Å². The molecule has 0 unspecified atom stereocenters. The average molecular weight is 420 g/mol. The predicted molar refractivity (Wildman–Crippen MR) is 114 cm³/mol. The van der Waals surface area contributed by atoms with Gasteiger partial charge >= 0.3 is 0 Å². The van der Waals surface area contributed by atoms with Crippen molar-refractivity contribution in [3.63, 3.8) is 0 Å². The maximum absolute atomic E-state index is 13.9. The van der Waals surface area contributed by atoms with Gasteiger partial charge in [0.2, 0.25) is 5.91 Å². The molecular weight excluding hydrogens is 385 g/mol. The van der Waals surface area contributed by atoms with Crippen molar-refractivity contribution in [2.24, 2.45) is 5.92 Å². The van der Waals surface area contributed by atoms with Crippen LogP contribution in [0.15, 0.2) is 18.2 Å². The number of likely N-dealkylation sites (N-methyl/N-ethyl adjacent to an activating group) is 1. The van der Waals surface area contributed by atoms with Gasteiger partial charge in [0.05, 0.1) is 7.11 Å². The monoisotopic (exact) mass is 419 g/mol. The van der Waals surface area contributed by atoms with Crippen LogP contribution in [0.2, 0.25) is 0 Å². The van der Waals surface area contributed by atoms with E-state index in [1.54, 1.807) is 11.0 Å². The summed E-state index contributed by atoms with van der Waals surface area (Å²) in [5.41, 5.74) is 0.346. The Labute approximate surface area is 178 Å². The third kappa shape index (κ3) is 5.72. The van der Waals surface area contributed by atoms with Crippen molar-refractivity contribution in [1.29, 1.82) is 0 Å². The first kappa shape index (κ1) is 22.5. The number of piperidine rings is 1. The number of rotatable bonds is 8. The van der Waals surface area contributed by atoms with E-state index < -0.39 is 5.82 Å². The molecule has 0 aliphatic carbocycles. The van der Waals surface area contributed by atoms with E-state index in [0.29, 0.717) is 37.0 Å². The summed E-state index contributed by atoms with van der Waals surface area (Å²) in [5.74, 6) is 0.0451. The van der Waals surface area contributed by atoms with E-state index in [1.165, 1.54) is 32.1 Å². The number of ether oxygens (including phenoxy) is 1. The second kappa shape index (κ2) is 10.8. The van der Waals surface area contributed by atoms with Gasteiger partial charge in [-0.2, -0.15) is 0 Å². The van der Waals surface area contributed by atoms with E-state index in [9.17, 15) is 14.0 Å². The summed E-state index contributed by atoms with van der Waals surface area (Å²) in [5, 5.41) is 3.10. The average Bonchev–Trinajstić information content (AvgIpc) is 3.23. The summed E-state index contributed by atoms with van der Waals surface area (Å²) in [4.78, 5) is 29.1. The summed E-state index contributed by atoms with van der Waals surface area (Å²) in [6, 6.07) is 4.81. The van der Waals surface area contributed by atoms with Gasteiger partial charge < -0.3 is 15.0 Å². The second-order valence-electron chi connectivity index (χ2n) is 8.35. The molecule has 2 fully saturated rings. The third-order valence-corrected chi connectivity index (χ3v) is 6.52. The molecule has 1 atom stereocenters. The molecule has 0 radical (unpaired) electrons. The minimum atomic E-state index is -0.524. The number of hydrogen-bond donors (Lipinski definition) is 1. The number of benzene rings is 1. The predicted octanol–water partition coefficient (Wildman–Crippen LogP) is 3.07. The molecule has 0 saturated carbocycles. The fraction of sp³-hybridized carbons (Fsp3) is 0.652. The number of halogens is 1. The third-order valence-electron chi connectivity index (χ3n) is 6.52. The van der Waals surface area contributed by atoms with Crippen molar-refractivity contribution in [3.8, 4) is 5.75 Å². The molecule has 2 saturated heterocycles. The van der Waals surface area contributed by atoms with Crippen LogP contribution in [0.1, 0.15) is 55.8 Å². The topological polar surface area (TPSA) is 61.9 Å². The number of carbonyl (C=O) groups excluding carboxylic acids is 2. The first-order chi connectivity index (χ1) is 14.5. The van der Waals surface area contributed by atoms with E-state index in [1.807, 2.05) is 0 Å². The van der Waals surface area contributed by atoms with Crippen molar-refractivity contribution >= 4 is 11.8 Å². The van der Waals surface area contributed by atoms with Crippen LogP contribution in [-0.4, -0.2) is 67.5 Å². The molecule has 1 aromatic carbocycles. The minimum absolute atomic E-state index is 0.130. The lowest BCUT2D eigenvalue weighted by atomic mass is 9.91. The fourth-order valence-corrected chi connectivity index (χ4v) is 4.60. The number of nitrogens with one attached hydrogen (secondary N) is 1. The van der Waals surface area contributed by atoms with E-state index in [4.69, 9.17) is 4.74 Å². The minimum Gasteiger partial charge on any atom is -0.494 e. The summed E-state index contributed by atoms with van der Waals surface area (Å²) in [6.07, 6.45) is 5.54. The molecule has 0 bridgehead atoms. The molecule has 6 nitrogen and oxygen atoms in total. The van der Waals surface area contributed by atoms with Crippen molar-refractivity contribution in [2.75, 3.05) is 39.8 Å². The van der Waals surface area contributed by atoms with Crippen LogP contribution < -0.4 is 10.1 Å². The second-order valence-corrected chi connectivity index (χ2v) is 8.35. The summed E-state index contributed by atoms with van der Waals surface area (Å²) in [7, 11) is 1.40. The molecule has 2 aliphatic rings. The molecule has 0 spiro atoms. The highest BCUT2D eigenvalue weighted by atomic mass is 19.1. The van der Waals surface area contributed by atoms with Gasteiger partial charge in [-0.15, -0.1) is 0 Å². The molecule has 30 heavy (non-hydrogen) atoms. The van der Waals surface area contributed by atoms with Gasteiger partial charge in [-0.3, -0.25) is 14.5 Å². The van der Waals surface area contributed by atoms with E-state index in [0.717, 1.165) is 38.9 Å². The highest BCUT2D eigenvalue weighted by Crippen LogP contribution is 2.24. The molecule has 1 aromatic rings. The van der Waals surface area contributed by atoms with Crippen molar-refractivity contribution in [1.82, 2.24) is 15.1 Å². The van der Waals surface area contributed by atoms with Crippen LogP contribution in [0.5, 0.6) is 5.75 Å². The van der Waals surface area contributed by atoms with Crippen LogP contribution >= 0.6 is 0 Å². The highest BCUT2D eigenvalue weighted by molar-refractivity contribution is 5.94. The van der Waals surface area contributed by atoms with Gasteiger partial charge in [0.1, 0.15) is 0 Å². The highest BCUT2D eigenvalue weighted by Gasteiger charge is 2.26. The lowest BCUT2D eigenvalue weighted by molar-refractivity contribution is -0.121. The Morgan fingerprint density at radius 3 is 2.63 bits per heavy atom. The van der Waals surface area contributed by atoms with Gasteiger partial charge in [-0.25, -0.2) is 4.39 Å². The molecule has 2 heterocycles. The smallest absolute Gasteiger partial charge is 0.253 e. The molecule has 2 aliphatic heterocycles. The largest absolute Gasteiger partial charge is 0.494 e. The zero-order valence-electron chi connectivity index (χ0n) is 18.2. The number of nitrogens with zero attached hydrogens (tertiary/aromatic N) is 2. The molecule has 3 rings (SSSR count). The zero-order chi connectivity index (χ0) is 21.5. The molecule has 0 aromatic heterocycles. The summed E-state index contributed by atoms with van der Waals surface area (Å²) >= 11 is 0. The van der Waals surface area contributed by atoms with Crippen molar-refractivity contribution in [2.45, 2.75) is 51.5 Å². The van der Waals surface area contributed by atoms with E-state index in [2.05, 4.69) is 17.1 Å². The Hall–Kier alpha value is -2.15. The molecule has 2 amide bonds. The van der Waals surface area contributed by atoms with Crippen LogP contribution in [-0.2, 0) is 4.79 Å². The molecule has 1 N–H and O–H groups in total. The maximum Gasteiger partial charge on any atom is 0.253 e. The standard InChI is InChI=1S/C23H34FN3O3/c1-3-26-12-4-5-19(26)16-25-22(28)9-6-17-10-13-27(14-11-17)23(29)18-7-8-21(30-2)20(24)15-18/h7-8,15,17,19H,3-6,9-14,16H2,1-2H3,(H,25,28)/t19-/m1/s1. The Morgan fingerprint density at radius 2 is 1.97 bits per heavy atom. The van der Waals surface area contributed by atoms with Crippen LogP contribution in [0.3, 0.4) is 0 Å². The SMILES string of the molecule is CCN1CCC[C@@H]1CNC(=O)CCC1CCN(C(=O)c2ccc(OC)c(F)c2)CC1. The number of amides is 2. The normalized spacial score (nSPS) is 20.4. The van der Waals surface area contributed by atoms with Gasteiger partial charge in [0, 0.05) is 37.7 Å². The Balaban J connectivity index is 1.37. The quantitative estimate of drug-likeness (QED) is 0.704. The summed E-state index contributed by atoms with van der Waals surface area (Å²) in [6.45, 7) is 6.39. The fourth-order valence-electron chi connectivity index (χ4n) is 4.60. The lowest BCUT2D eigenvalue weighted by Crippen LogP contribution is -2.40. The Morgan fingerprint density at radius 1 is 1.20 bits per heavy atom. The lowest BCUT2D eigenvalue weighted by Gasteiger charge is -2.32. The van der Waals surface area contributed by atoms with Crippen molar-refractivity contribution in [3.05, 3.63) is 29.6 Å². The van der Waals surface area contributed by atoms with Gasteiger partial charge in [-0.05, 0) is 69.3 Å². The first-order valence-electron chi connectivity index (χ1n) is 11.1. The molecule has 166 valence electrons. The number of hydrogen-bond acceptors (Lipinski definition) is 4. The van der Waals surface area contributed by atoms with Gasteiger partial charge in [0.25, 0.3) is 5.91 Å². The molecular formula is C23H34FN3O3. The zero-order valence-corrected chi connectivity index (χ0v) is 18.2. The van der Waals surface area contributed by atoms with Crippen LogP contribution in [0.25, 0.3) is 0 Å². The summed E-state index contributed by atoms with van der Waals surface area (Å²) < 4.78 is 18.8. The van der Waals surface area contributed by atoms with Gasteiger partial charge in [-0.1, -0.05) is 6.92 Å². The van der Waals surface area contributed by atoms with Crippen LogP contribution in [0, 0.1) is 11.7 Å².